The minimum Gasteiger partial charge on any atom is -0.504 e. The first-order valence-electron chi connectivity index (χ1n) is 7.67. The van der Waals surface area contributed by atoms with Crippen LogP contribution in [0.1, 0.15) is 20.7 Å². The molecular formula is C19H16N2O5. The molecule has 3 rings (SSSR count). The lowest BCUT2D eigenvalue weighted by Crippen LogP contribution is -2.30. The predicted molar refractivity (Wildman–Crippen MR) is 95.2 cm³/mol. The van der Waals surface area contributed by atoms with Crippen molar-refractivity contribution in [1.29, 1.82) is 0 Å². The predicted octanol–water partition coefficient (Wildman–Crippen LogP) is 2.38. The fraction of sp³-hybridized carbons (Fsp3) is 0.0526. The zero-order chi connectivity index (χ0) is 18.7. The standard InChI is InChI=1S/C19H16N2O5/c1-25-17-10-11(6-8-15(17)22)19(24)26-16-9-7-14(18(23)21-20)12-4-2-3-5-13(12)16/h2-10,22H,20H2,1H3,(H,21,23). The van der Waals surface area contributed by atoms with Crippen molar-refractivity contribution in [2.24, 2.45) is 5.84 Å². The minimum atomic E-state index is -0.621. The molecule has 0 atom stereocenters. The van der Waals surface area contributed by atoms with Crippen LogP contribution in [0.5, 0.6) is 17.2 Å². The highest BCUT2D eigenvalue weighted by Crippen LogP contribution is 2.30. The number of nitrogens with one attached hydrogen (secondary N) is 1. The Morgan fingerprint density at radius 1 is 1.00 bits per heavy atom. The van der Waals surface area contributed by atoms with Gasteiger partial charge >= 0.3 is 5.97 Å². The average Bonchev–Trinajstić information content (AvgIpc) is 2.68. The van der Waals surface area contributed by atoms with E-state index in [9.17, 15) is 14.7 Å². The molecule has 0 unspecified atom stereocenters. The third-order valence-corrected chi connectivity index (χ3v) is 3.88. The van der Waals surface area contributed by atoms with Gasteiger partial charge in [0.25, 0.3) is 5.91 Å². The zero-order valence-corrected chi connectivity index (χ0v) is 13.9. The fourth-order valence-electron chi connectivity index (χ4n) is 2.60. The molecule has 26 heavy (non-hydrogen) atoms. The van der Waals surface area contributed by atoms with Crippen LogP contribution in [0.2, 0.25) is 0 Å². The molecule has 3 aromatic rings. The average molecular weight is 352 g/mol. The van der Waals surface area contributed by atoms with E-state index in [0.29, 0.717) is 22.1 Å². The number of hydrazine groups is 1. The maximum absolute atomic E-state index is 12.5. The summed E-state index contributed by atoms with van der Waals surface area (Å²) in [5, 5.41) is 10.8. The van der Waals surface area contributed by atoms with E-state index in [4.69, 9.17) is 15.3 Å². The molecule has 4 N–H and O–H groups in total. The van der Waals surface area contributed by atoms with Gasteiger partial charge in [-0.15, -0.1) is 0 Å². The zero-order valence-electron chi connectivity index (χ0n) is 13.9. The Hall–Kier alpha value is -3.58. The van der Waals surface area contributed by atoms with Gasteiger partial charge in [0.1, 0.15) is 5.75 Å². The van der Waals surface area contributed by atoms with Gasteiger partial charge < -0.3 is 14.6 Å². The van der Waals surface area contributed by atoms with Crippen molar-refractivity contribution < 1.29 is 24.2 Å². The maximum atomic E-state index is 12.5. The third-order valence-electron chi connectivity index (χ3n) is 3.88. The topological polar surface area (TPSA) is 111 Å². The number of phenols is 1. The van der Waals surface area contributed by atoms with E-state index in [1.807, 2.05) is 0 Å². The van der Waals surface area contributed by atoms with Gasteiger partial charge in [0.05, 0.1) is 12.7 Å². The Bertz CT molecular complexity index is 1000. The van der Waals surface area contributed by atoms with Crippen molar-refractivity contribution in [3.63, 3.8) is 0 Å². The van der Waals surface area contributed by atoms with Gasteiger partial charge in [-0.1, -0.05) is 24.3 Å². The number of hydrogen-bond acceptors (Lipinski definition) is 6. The number of fused-ring (bicyclic) bond motifs is 1. The van der Waals surface area contributed by atoms with Crippen molar-refractivity contribution >= 4 is 22.6 Å². The maximum Gasteiger partial charge on any atom is 0.343 e. The van der Waals surface area contributed by atoms with Crippen LogP contribution in [-0.4, -0.2) is 24.1 Å². The lowest BCUT2D eigenvalue weighted by Gasteiger charge is -2.11. The van der Waals surface area contributed by atoms with Gasteiger partial charge in [-0.05, 0) is 35.7 Å². The molecule has 1 amide bonds. The lowest BCUT2D eigenvalue weighted by atomic mass is 10.0. The Balaban J connectivity index is 1.99. The monoisotopic (exact) mass is 352 g/mol. The van der Waals surface area contributed by atoms with Crippen molar-refractivity contribution in [2.45, 2.75) is 0 Å². The number of ether oxygens (including phenoxy) is 2. The van der Waals surface area contributed by atoms with Crippen LogP contribution in [-0.2, 0) is 0 Å². The molecule has 0 aliphatic carbocycles. The van der Waals surface area contributed by atoms with Crippen molar-refractivity contribution in [1.82, 2.24) is 5.43 Å². The van der Waals surface area contributed by atoms with E-state index in [0.717, 1.165) is 0 Å². The highest BCUT2D eigenvalue weighted by molar-refractivity contribution is 6.09. The number of hydrogen-bond donors (Lipinski definition) is 3. The SMILES string of the molecule is COc1cc(C(=O)Oc2ccc(C(=O)NN)c3ccccc23)ccc1O. The van der Waals surface area contributed by atoms with Crippen molar-refractivity contribution in [2.75, 3.05) is 7.11 Å². The number of nitrogens with two attached hydrogens (primary N) is 1. The van der Waals surface area contributed by atoms with Crippen LogP contribution in [0.3, 0.4) is 0 Å². The number of phenolic OH excluding ortho intramolecular Hbond substituents is 1. The smallest absolute Gasteiger partial charge is 0.343 e. The highest BCUT2D eigenvalue weighted by atomic mass is 16.5. The van der Waals surface area contributed by atoms with Crippen LogP contribution in [0.15, 0.2) is 54.6 Å². The third kappa shape index (κ3) is 3.15. The summed E-state index contributed by atoms with van der Waals surface area (Å²) < 4.78 is 10.5. The van der Waals surface area contributed by atoms with E-state index < -0.39 is 11.9 Å². The molecule has 7 nitrogen and oxygen atoms in total. The summed E-state index contributed by atoms with van der Waals surface area (Å²) in [4.78, 5) is 24.4. The summed E-state index contributed by atoms with van der Waals surface area (Å²) in [6.07, 6.45) is 0. The number of carbonyl (C=O) groups is 2. The number of methoxy groups -OCH3 is 1. The summed E-state index contributed by atoms with van der Waals surface area (Å²) in [5.41, 5.74) is 2.68. The van der Waals surface area contributed by atoms with Gasteiger partial charge in [0, 0.05) is 10.9 Å². The second-order valence-corrected chi connectivity index (χ2v) is 5.41. The number of rotatable bonds is 4. The van der Waals surface area contributed by atoms with Crippen LogP contribution >= 0.6 is 0 Å². The molecule has 0 aromatic heterocycles. The molecule has 7 heteroatoms. The number of nitrogen functional groups attached to an aromatic ring is 1. The van der Waals surface area contributed by atoms with Gasteiger partial charge in [-0.25, -0.2) is 10.6 Å². The second-order valence-electron chi connectivity index (χ2n) is 5.41. The first kappa shape index (κ1) is 17.2. The molecule has 132 valence electrons. The lowest BCUT2D eigenvalue weighted by molar-refractivity contribution is 0.0736. The number of carbonyl (C=O) groups excluding carboxylic acids is 2. The Morgan fingerprint density at radius 3 is 2.42 bits per heavy atom. The number of amides is 1. The summed E-state index contributed by atoms with van der Waals surface area (Å²) >= 11 is 0. The molecule has 0 saturated heterocycles. The van der Waals surface area contributed by atoms with Crippen molar-refractivity contribution in [3.05, 3.63) is 65.7 Å². The normalized spacial score (nSPS) is 10.4. The van der Waals surface area contributed by atoms with Crippen LogP contribution in [0.4, 0.5) is 0 Å². The number of benzene rings is 3. The van der Waals surface area contributed by atoms with Gasteiger partial charge in [0.15, 0.2) is 11.5 Å². The molecule has 3 aromatic carbocycles. The van der Waals surface area contributed by atoms with E-state index in [1.165, 1.54) is 37.4 Å². The van der Waals surface area contributed by atoms with E-state index in [2.05, 4.69) is 5.43 Å². The van der Waals surface area contributed by atoms with E-state index in [1.54, 1.807) is 24.3 Å². The molecule has 0 aliphatic rings. The highest BCUT2D eigenvalue weighted by Gasteiger charge is 2.16. The molecule has 0 spiro atoms. The molecule has 0 fully saturated rings. The Labute approximate surface area is 148 Å². The van der Waals surface area contributed by atoms with Gasteiger partial charge in [0.2, 0.25) is 0 Å². The van der Waals surface area contributed by atoms with E-state index >= 15 is 0 Å². The molecular weight excluding hydrogens is 336 g/mol. The van der Waals surface area contributed by atoms with Crippen LogP contribution in [0, 0.1) is 0 Å². The summed E-state index contributed by atoms with van der Waals surface area (Å²) in [5.74, 6) is 4.54. The number of esters is 1. The van der Waals surface area contributed by atoms with Crippen LogP contribution < -0.4 is 20.7 Å². The quantitative estimate of drug-likeness (QED) is 0.219. The Morgan fingerprint density at radius 2 is 1.73 bits per heavy atom. The fourth-order valence-corrected chi connectivity index (χ4v) is 2.60. The summed E-state index contributed by atoms with van der Waals surface area (Å²) in [6.45, 7) is 0. The number of aromatic hydroxyl groups is 1. The molecule has 0 bridgehead atoms. The van der Waals surface area contributed by atoms with Crippen molar-refractivity contribution in [3.8, 4) is 17.2 Å². The first-order chi connectivity index (χ1) is 12.5. The van der Waals surface area contributed by atoms with Crippen LogP contribution in [0.25, 0.3) is 10.8 Å². The second kappa shape index (κ2) is 7.12. The summed E-state index contributed by atoms with van der Waals surface area (Å²) in [6, 6.07) is 14.2. The molecule has 0 radical (unpaired) electrons. The molecule has 0 heterocycles. The Kier molecular flexibility index (Phi) is 4.72. The molecule has 0 saturated carbocycles. The molecule has 0 aliphatic heterocycles. The first-order valence-corrected chi connectivity index (χ1v) is 7.67. The largest absolute Gasteiger partial charge is 0.504 e. The summed E-state index contributed by atoms with van der Waals surface area (Å²) in [7, 11) is 1.39. The van der Waals surface area contributed by atoms with E-state index in [-0.39, 0.29) is 17.1 Å². The van der Waals surface area contributed by atoms with Gasteiger partial charge in [-0.2, -0.15) is 0 Å². The van der Waals surface area contributed by atoms with Gasteiger partial charge in [-0.3, -0.25) is 10.2 Å². The minimum absolute atomic E-state index is 0.0772.